The summed E-state index contributed by atoms with van der Waals surface area (Å²) in [4.78, 5) is 2.47. The van der Waals surface area contributed by atoms with E-state index in [1.54, 1.807) is 0 Å². The van der Waals surface area contributed by atoms with Crippen LogP contribution in [0, 0.1) is 23.5 Å². The minimum absolute atomic E-state index is 0.00840. The van der Waals surface area contributed by atoms with Crippen LogP contribution in [0.1, 0.15) is 36.3 Å². The van der Waals surface area contributed by atoms with Crippen molar-refractivity contribution in [1.29, 1.82) is 0 Å². The maximum absolute atomic E-state index is 14.9. The first-order valence-corrected chi connectivity index (χ1v) is 9.65. The number of benzene rings is 2. The number of nitrogens with zero attached hydrogens (tertiary/aromatic N) is 3. The summed E-state index contributed by atoms with van der Waals surface area (Å²) in [7, 11) is 0. The summed E-state index contributed by atoms with van der Waals surface area (Å²) >= 11 is 0. The van der Waals surface area contributed by atoms with Crippen molar-refractivity contribution in [1.82, 2.24) is 20.3 Å². The van der Waals surface area contributed by atoms with Crippen molar-refractivity contribution in [2.75, 3.05) is 13.1 Å². The highest BCUT2D eigenvalue weighted by Gasteiger charge is 2.43. The molecule has 4 nitrogen and oxygen atoms in total. The quantitative estimate of drug-likeness (QED) is 0.752. The third-order valence-corrected chi connectivity index (χ3v) is 6.27. The van der Waals surface area contributed by atoms with Crippen LogP contribution in [0.5, 0.6) is 0 Å². The summed E-state index contributed by atoms with van der Waals surface area (Å²) in [6.07, 6.45) is 3.24. The fourth-order valence-corrected chi connectivity index (χ4v) is 5.23. The third-order valence-electron chi connectivity index (χ3n) is 6.27. The van der Waals surface area contributed by atoms with Gasteiger partial charge >= 0.3 is 0 Å². The van der Waals surface area contributed by atoms with Gasteiger partial charge in [0.05, 0.1) is 0 Å². The average Bonchev–Trinajstić information content (AvgIpc) is 3.11. The Morgan fingerprint density at radius 1 is 1.04 bits per heavy atom. The second kappa shape index (κ2) is 6.68. The lowest BCUT2D eigenvalue weighted by atomic mass is 9.66. The number of piperidine rings is 1. The van der Waals surface area contributed by atoms with E-state index in [2.05, 4.69) is 44.6 Å². The number of rotatable bonds is 3. The molecule has 2 heterocycles. The zero-order chi connectivity index (χ0) is 18.4. The van der Waals surface area contributed by atoms with Crippen molar-refractivity contribution in [2.45, 2.75) is 31.7 Å². The van der Waals surface area contributed by atoms with Crippen molar-refractivity contribution in [3.05, 3.63) is 59.2 Å². The van der Waals surface area contributed by atoms with Crippen LogP contribution in [-0.4, -0.2) is 33.4 Å². The van der Waals surface area contributed by atoms with E-state index in [-0.39, 0.29) is 5.92 Å². The van der Waals surface area contributed by atoms with Crippen molar-refractivity contribution >= 4 is 11.0 Å². The number of aromatic amines is 1. The van der Waals surface area contributed by atoms with Crippen LogP contribution in [0.4, 0.5) is 8.78 Å². The number of hydrogen-bond donors (Lipinski definition) is 1. The lowest BCUT2D eigenvalue weighted by molar-refractivity contribution is 0.0549. The van der Waals surface area contributed by atoms with E-state index in [1.165, 1.54) is 5.56 Å². The Bertz CT molecular complexity index is 941. The number of likely N-dealkylation sites (tertiary alicyclic amines) is 1. The highest BCUT2D eigenvalue weighted by atomic mass is 19.2. The normalized spacial score (nSPS) is 25.8. The molecule has 2 atom stereocenters. The van der Waals surface area contributed by atoms with E-state index >= 15 is 0 Å². The van der Waals surface area contributed by atoms with Crippen LogP contribution in [0.15, 0.2) is 36.4 Å². The molecular weight excluding hydrogens is 346 g/mol. The van der Waals surface area contributed by atoms with Crippen LogP contribution >= 0.6 is 0 Å². The lowest BCUT2D eigenvalue weighted by Crippen LogP contribution is -2.47. The van der Waals surface area contributed by atoms with E-state index in [4.69, 9.17) is 0 Å². The molecule has 0 radical (unpaired) electrons. The Balaban J connectivity index is 1.49. The average molecular weight is 368 g/mol. The molecule has 6 heteroatoms. The fraction of sp³-hybridized carbons (Fsp3) is 0.429. The summed E-state index contributed by atoms with van der Waals surface area (Å²) in [5.41, 5.74) is 2.64. The molecule has 2 aliphatic rings. The molecule has 2 fully saturated rings. The van der Waals surface area contributed by atoms with Gasteiger partial charge in [0, 0.05) is 31.3 Å². The van der Waals surface area contributed by atoms with Crippen molar-refractivity contribution < 1.29 is 8.78 Å². The zero-order valence-corrected chi connectivity index (χ0v) is 15.0. The van der Waals surface area contributed by atoms with E-state index in [0.29, 0.717) is 28.4 Å². The molecule has 1 aromatic heterocycles. The van der Waals surface area contributed by atoms with Crippen LogP contribution in [0.25, 0.3) is 11.0 Å². The van der Waals surface area contributed by atoms with Gasteiger partial charge in [0.1, 0.15) is 11.0 Å². The Morgan fingerprint density at radius 2 is 1.78 bits per heavy atom. The minimum atomic E-state index is -0.823. The summed E-state index contributed by atoms with van der Waals surface area (Å²) in [6.45, 7) is 2.72. The van der Waals surface area contributed by atoms with E-state index < -0.39 is 11.6 Å². The number of nitrogens with one attached hydrogen (secondary N) is 1. The molecular formula is C21H22F2N4. The van der Waals surface area contributed by atoms with Crippen LogP contribution in [0.3, 0.4) is 0 Å². The van der Waals surface area contributed by atoms with Gasteiger partial charge in [0.15, 0.2) is 11.6 Å². The van der Waals surface area contributed by atoms with Crippen LogP contribution in [-0.2, 0) is 6.54 Å². The van der Waals surface area contributed by atoms with E-state index in [0.717, 1.165) is 45.0 Å². The molecule has 1 N–H and O–H groups in total. The van der Waals surface area contributed by atoms with Crippen molar-refractivity contribution in [2.24, 2.45) is 11.8 Å². The first-order valence-electron chi connectivity index (χ1n) is 9.65. The highest BCUT2D eigenvalue weighted by Crippen LogP contribution is 2.48. The van der Waals surface area contributed by atoms with Crippen LogP contribution in [0.2, 0.25) is 0 Å². The second-order valence-corrected chi connectivity index (χ2v) is 7.93. The van der Waals surface area contributed by atoms with Gasteiger partial charge < -0.3 is 0 Å². The Kier molecular flexibility index (Phi) is 4.16. The second-order valence-electron chi connectivity index (χ2n) is 7.93. The van der Waals surface area contributed by atoms with Crippen molar-refractivity contribution in [3.8, 4) is 0 Å². The molecule has 140 valence electrons. The molecule has 2 aromatic carbocycles. The van der Waals surface area contributed by atoms with Gasteiger partial charge in [-0.3, -0.25) is 4.90 Å². The Hall–Kier alpha value is -2.34. The minimum Gasteiger partial charge on any atom is -0.298 e. The predicted molar refractivity (Wildman–Crippen MR) is 99.1 cm³/mol. The van der Waals surface area contributed by atoms with Crippen molar-refractivity contribution in [3.63, 3.8) is 0 Å². The van der Waals surface area contributed by atoms with Gasteiger partial charge in [-0.15, -0.1) is 0 Å². The van der Waals surface area contributed by atoms with Gasteiger partial charge in [0.25, 0.3) is 0 Å². The van der Waals surface area contributed by atoms with E-state index in [9.17, 15) is 8.78 Å². The monoisotopic (exact) mass is 368 g/mol. The molecule has 1 saturated heterocycles. The summed E-state index contributed by atoms with van der Waals surface area (Å²) < 4.78 is 29.1. The molecule has 2 unspecified atom stereocenters. The zero-order valence-electron chi connectivity index (χ0n) is 15.0. The van der Waals surface area contributed by atoms with Gasteiger partial charge in [-0.25, -0.2) is 8.78 Å². The van der Waals surface area contributed by atoms with Gasteiger partial charge in [0.2, 0.25) is 0 Å². The predicted octanol–water partition coefficient (Wildman–Crippen LogP) is 4.25. The molecule has 1 saturated carbocycles. The summed E-state index contributed by atoms with van der Waals surface area (Å²) in [5.74, 6) is -0.921. The molecule has 1 aliphatic heterocycles. The summed E-state index contributed by atoms with van der Waals surface area (Å²) in [5, 5.41) is 10.7. The molecule has 5 rings (SSSR count). The maximum Gasteiger partial charge on any atom is 0.164 e. The maximum atomic E-state index is 14.9. The smallest absolute Gasteiger partial charge is 0.164 e. The number of halogens is 2. The molecule has 0 spiro atoms. The van der Waals surface area contributed by atoms with Gasteiger partial charge in [-0.1, -0.05) is 36.8 Å². The molecule has 0 amide bonds. The first-order chi connectivity index (χ1) is 13.2. The fourth-order valence-electron chi connectivity index (χ4n) is 5.23. The van der Waals surface area contributed by atoms with E-state index in [1.807, 2.05) is 6.07 Å². The third kappa shape index (κ3) is 2.92. The molecule has 2 bridgehead atoms. The standard InChI is InChI=1S/C21H22F2N4/c22-16-9-17-21(25-26-24-17)19(20(16)23)18-14-7-4-8-15(18)12-27(11-14)10-13-5-2-1-3-6-13/h1-3,5-6,9,14-15,18H,4,7-8,10-12H2,(H,24,25,26). The molecule has 3 aromatic rings. The topological polar surface area (TPSA) is 44.8 Å². The largest absolute Gasteiger partial charge is 0.298 e. The lowest BCUT2D eigenvalue weighted by Gasteiger charge is -2.47. The number of aromatic nitrogens is 3. The SMILES string of the molecule is Fc1cc2n[nH]nc2c(C2C3CCCC2CN(Cc2ccccc2)C3)c1F. The molecule has 27 heavy (non-hydrogen) atoms. The first kappa shape index (κ1) is 16.8. The number of fused-ring (bicyclic) bond motifs is 3. The number of hydrogen-bond acceptors (Lipinski definition) is 3. The van der Waals surface area contributed by atoms with Crippen LogP contribution < -0.4 is 0 Å². The van der Waals surface area contributed by atoms with Gasteiger partial charge in [-0.05, 0) is 36.2 Å². The highest BCUT2D eigenvalue weighted by molar-refractivity contribution is 5.78. The Morgan fingerprint density at radius 3 is 2.52 bits per heavy atom. The van der Waals surface area contributed by atoms with Gasteiger partial charge in [-0.2, -0.15) is 15.4 Å². The Labute approximate surface area is 156 Å². The summed E-state index contributed by atoms with van der Waals surface area (Å²) in [6, 6.07) is 11.6. The molecule has 1 aliphatic carbocycles. The number of H-pyrrole nitrogens is 1.